The molecule has 0 amide bonds. The zero-order valence-corrected chi connectivity index (χ0v) is 9.14. The Hall–Kier alpha value is -2.64. The zero-order valence-electron chi connectivity index (χ0n) is 9.14. The molecule has 1 aromatic carbocycles. The largest absolute Gasteiger partial charge is 0.436 e. The van der Waals surface area contributed by atoms with Crippen molar-refractivity contribution in [2.45, 2.75) is 0 Å². The van der Waals surface area contributed by atoms with Crippen molar-refractivity contribution in [1.82, 2.24) is 4.98 Å². The lowest BCUT2D eigenvalue weighted by molar-refractivity contribution is -0.384. The smallest absolute Gasteiger partial charge is 0.269 e. The van der Waals surface area contributed by atoms with Crippen LogP contribution in [-0.4, -0.2) is 9.91 Å². The van der Waals surface area contributed by atoms with Crippen LogP contribution in [0, 0.1) is 27.7 Å². The van der Waals surface area contributed by atoms with Crippen LogP contribution in [0.25, 0.3) is 0 Å². The summed E-state index contributed by atoms with van der Waals surface area (Å²) in [5.41, 5.74) is -0.189. The van der Waals surface area contributed by atoms with Crippen LogP contribution in [0.15, 0.2) is 30.3 Å². The summed E-state index contributed by atoms with van der Waals surface area (Å²) in [6.07, 6.45) is 0. The number of nitro benzene ring substituents is 1. The monoisotopic (exact) mass is 270 g/mol. The first-order valence-corrected chi connectivity index (χ1v) is 4.91. The summed E-state index contributed by atoms with van der Waals surface area (Å²) in [6, 6.07) is 4.89. The summed E-state index contributed by atoms with van der Waals surface area (Å²) in [4.78, 5) is 12.7. The fraction of sp³-hybridized carbons (Fsp3) is 0. The van der Waals surface area contributed by atoms with E-state index in [0.717, 1.165) is 12.1 Å². The number of non-ortho nitro benzene ring substituents is 1. The van der Waals surface area contributed by atoms with Crippen LogP contribution >= 0.6 is 0 Å². The van der Waals surface area contributed by atoms with Crippen molar-refractivity contribution in [3.63, 3.8) is 0 Å². The van der Waals surface area contributed by atoms with Crippen molar-refractivity contribution in [3.05, 3.63) is 58.0 Å². The summed E-state index contributed by atoms with van der Waals surface area (Å²) in [7, 11) is 0. The number of halogens is 3. The number of hydrogen-bond donors (Lipinski definition) is 0. The third kappa shape index (κ3) is 2.79. The molecule has 0 spiro atoms. The Morgan fingerprint density at radius 3 is 2.32 bits per heavy atom. The Kier molecular flexibility index (Phi) is 3.32. The predicted molar refractivity (Wildman–Crippen MR) is 57.3 cm³/mol. The average Bonchev–Trinajstić information content (AvgIpc) is 2.36. The van der Waals surface area contributed by atoms with E-state index in [1.165, 1.54) is 12.1 Å². The molecule has 0 saturated carbocycles. The first kappa shape index (κ1) is 12.8. The van der Waals surface area contributed by atoms with Gasteiger partial charge in [0.15, 0.2) is 11.6 Å². The van der Waals surface area contributed by atoms with Gasteiger partial charge in [-0.25, -0.2) is 8.78 Å². The van der Waals surface area contributed by atoms with E-state index >= 15 is 0 Å². The molecule has 2 rings (SSSR count). The summed E-state index contributed by atoms with van der Waals surface area (Å²) in [5.74, 6) is -4.88. The Morgan fingerprint density at radius 2 is 1.74 bits per heavy atom. The van der Waals surface area contributed by atoms with Gasteiger partial charge in [-0.2, -0.15) is 9.37 Å². The first-order chi connectivity index (χ1) is 8.97. The van der Waals surface area contributed by atoms with Gasteiger partial charge >= 0.3 is 0 Å². The molecule has 0 atom stereocenters. The van der Waals surface area contributed by atoms with Crippen LogP contribution in [0.2, 0.25) is 0 Å². The summed E-state index contributed by atoms with van der Waals surface area (Å²) in [6.45, 7) is 0. The van der Waals surface area contributed by atoms with Crippen LogP contribution in [0.5, 0.6) is 11.6 Å². The standard InChI is InChI=1S/C11H5F3N2O3/c12-8-5-9(13)11(15-10(8)14)19-7-3-1-6(2-4-7)16(17)18/h1-5H. The second-order valence-electron chi connectivity index (χ2n) is 3.40. The molecule has 1 aromatic heterocycles. The van der Waals surface area contributed by atoms with Crippen LogP contribution < -0.4 is 4.74 Å². The van der Waals surface area contributed by atoms with Gasteiger partial charge in [-0.05, 0) is 12.1 Å². The van der Waals surface area contributed by atoms with Crippen molar-refractivity contribution >= 4 is 5.69 Å². The number of pyridine rings is 1. The lowest BCUT2D eigenvalue weighted by Gasteiger charge is -2.05. The highest BCUT2D eigenvalue weighted by atomic mass is 19.2. The summed E-state index contributed by atoms with van der Waals surface area (Å²) >= 11 is 0. The maximum absolute atomic E-state index is 13.2. The number of hydrogen-bond acceptors (Lipinski definition) is 4. The van der Waals surface area contributed by atoms with Crippen LogP contribution in [-0.2, 0) is 0 Å². The van der Waals surface area contributed by atoms with Crippen molar-refractivity contribution in [2.24, 2.45) is 0 Å². The number of nitro groups is 1. The minimum atomic E-state index is -1.50. The molecule has 19 heavy (non-hydrogen) atoms. The van der Waals surface area contributed by atoms with E-state index in [2.05, 4.69) is 4.98 Å². The SMILES string of the molecule is O=[N+]([O-])c1ccc(Oc2nc(F)c(F)cc2F)cc1. The third-order valence-corrected chi connectivity index (χ3v) is 2.12. The van der Waals surface area contributed by atoms with Gasteiger partial charge in [-0.15, -0.1) is 0 Å². The highest BCUT2D eigenvalue weighted by Gasteiger charge is 2.14. The van der Waals surface area contributed by atoms with Crippen molar-refractivity contribution in [3.8, 4) is 11.6 Å². The van der Waals surface area contributed by atoms with Crippen molar-refractivity contribution in [1.29, 1.82) is 0 Å². The lowest BCUT2D eigenvalue weighted by Crippen LogP contribution is -1.98. The van der Waals surface area contributed by atoms with E-state index in [0.29, 0.717) is 6.07 Å². The lowest BCUT2D eigenvalue weighted by atomic mass is 10.3. The van der Waals surface area contributed by atoms with E-state index in [4.69, 9.17) is 4.74 Å². The molecular weight excluding hydrogens is 265 g/mol. The normalized spacial score (nSPS) is 10.3. The molecule has 0 aliphatic carbocycles. The van der Waals surface area contributed by atoms with Crippen LogP contribution in [0.1, 0.15) is 0 Å². The molecule has 98 valence electrons. The van der Waals surface area contributed by atoms with E-state index in [1.807, 2.05) is 0 Å². The topological polar surface area (TPSA) is 65.3 Å². The quantitative estimate of drug-likeness (QED) is 0.488. The van der Waals surface area contributed by atoms with Gasteiger partial charge in [-0.3, -0.25) is 10.1 Å². The molecule has 0 aliphatic heterocycles. The maximum atomic E-state index is 13.2. The van der Waals surface area contributed by atoms with Gasteiger partial charge < -0.3 is 4.74 Å². The van der Waals surface area contributed by atoms with Crippen molar-refractivity contribution in [2.75, 3.05) is 0 Å². The highest BCUT2D eigenvalue weighted by Crippen LogP contribution is 2.25. The maximum Gasteiger partial charge on any atom is 0.269 e. The van der Waals surface area contributed by atoms with Crippen LogP contribution in [0.3, 0.4) is 0 Å². The van der Waals surface area contributed by atoms with E-state index < -0.39 is 28.4 Å². The Balaban J connectivity index is 2.26. The second kappa shape index (κ2) is 4.92. The minimum Gasteiger partial charge on any atom is -0.436 e. The minimum absolute atomic E-state index is 0.00279. The molecule has 8 heteroatoms. The van der Waals surface area contributed by atoms with Gasteiger partial charge in [0.1, 0.15) is 5.75 Å². The fourth-order valence-electron chi connectivity index (χ4n) is 1.25. The molecule has 0 radical (unpaired) electrons. The molecule has 0 bridgehead atoms. The number of nitrogens with zero attached hydrogens (tertiary/aromatic N) is 2. The summed E-state index contributed by atoms with van der Waals surface area (Å²) in [5, 5.41) is 10.4. The molecule has 0 saturated heterocycles. The molecule has 1 heterocycles. The number of rotatable bonds is 3. The van der Waals surface area contributed by atoms with Crippen molar-refractivity contribution < 1.29 is 22.8 Å². The third-order valence-electron chi connectivity index (χ3n) is 2.12. The Morgan fingerprint density at radius 1 is 1.11 bits per heavy atom. The molecule has 5 nitrogen and oxygen atoms in total. The Bertz CT molecular complexity index is 632. The summed E-state index contributed by atoms with van der Waals surface area (Å²) < 4.78 is 43.5. The van der Waals surface area contributed by atoms with E-state index in [1.54, 1.807) is 0 Å². The van der Waals surface area contributed by atoms with Gasteiger partial charge in [-0.1, -0.05) is 0 Å². The molecule has 0 fully saturated rings. The van der Waals surface area contributed by atoms with Gasteiger partial charge in [0.2, 0.25) is 0 Å². The van der Waals surface area contributed by atoms with Gasteiger partial charge in [0, 0.05) is 18.2 Å². The van der Waals surface area contributed by atoms with E-state index in [-0.39, 0.29) is 11.4 Å². The number of aromatic nitrogens is 1. The molecule has 0 aliphatic rings. The number of ether oxygens (including phenoxy) is 1. The molecule has 0 unspecified atom stereocenters. The Labute approximate surface area is 104 Å². The van der Waals surface area contributed by atoms with Gasteiger partial charge in [0.25, 0.3) is 17.5 Å². The number of benzene rings is 1. The predicted octanol–water partition coefficient (Wildman–Crippen LogP) is 3.20. The van der Waals surface area contributed by atoms with Crippen LogP contribution in [0.4, 0.5) is 18.9 Å². The average molecular weight is 270 g/mol. The molecule has 0 N–H and O–H groups in total. The van der Waals surface area contributed by atoms with Gasteiger partial charge in [0.05, 0.1) is 4.92 Å². The fourth-order valence-corrected chi connectivity index (χ4v) is 1.25. The second-order valence-corrected chi connectivity index (χ2v) is 3.40. The zero-order chi connectivity index (χ0) is 14.0. The highest BCUT2D eigenvalue weighted by molar-refractivity contribution is 5.37. The van der Waals surface area contributed by atoms with E-state index in [9.17, 15) is 23.3 Å². The molecule has 2 aromatic rings. The first-order valence-electron chi connectivity index (χ1n) is 4.91. The molecular formula is C11H5F3N2O3.